The van der Waals surface area contributed by atoms with Crippen LogP contribution in [0.2, 0.25) is 0 Å². The van der Waals surface area contributed by atoms with E-state index in [0.717, 1.165) is 0 Å². The molecule has 0 radical (unpaired) electrons. The van der Waals surface area contributed by atoms with Gasteiger partial charge in [-0.05, 0) is 127 Å². The molecule has 48 heavy (non-hydrogen) atoms. The SMILES string of the molecule is c1ccc2c(c1)-c1cccc3c(-c4c5ccccc5c(-c5ccc6cc7c(ccc8ccccc87)cc6c5)c5ccccc45)ccc-2c13. The van der Waals surface area contributed by atoms with Gasteiger partial charge in [0.05, 0.1) is 0 Å². The molecular weight excluding hydrogens is 577 g/mol. The highest BCUT2D eigenvalue weighted by Gasteiger charge is 2.24. The molecule has 0 N–H and O–H groups in total. The van der Waals surface area contributed by atoms with Crippen molar-refractivity contribution in [3.63, 3.8) is 0 Å². The highest BCUT2D eigenvalue weighted by atomic mass is 14.3. The molecule has 0 amide bonds. The summed E-state index contributed by atoms with van der Waals surface area (Å²) in [6.45, 7) is 0. The van der Waals surface area contributed by atoms with Gasteiger partial charge in [-0.15, -0.1) is 0 Å². The third-order valence-corrected chi connectivity index (χ3v) is 10.7. The molecule has 0 saturated heterocycles. The smallest absolute Gasteiger partial charge is 0.00201 e. The Morgan fingerprint density at radius 2 is 0.771 bits per heavy atom. The Labute approximate surface area is 278 Å². The van der Waals surface area contributed by atoms with Crippen molar-refractivity contribution in [2.75, 3.05) is 0 Å². The van der Waals surface area contributed by atoms with Crippen molar-refractivity contribution in [1.29, 1.82) is 0 Å². The molecule has 10 aromatic carbocycles. The van der Waals surface area contributed by atoms with Gasteiger partial charge in [0.2, 0.25) is 0 Å². The van der Waals surface area contributed by atoms with E-state index in [1.165, 1.54) is 109 Å². The largest absolute Gasteiger partial charge is 0.0616 e. The zero-order valence-electron chi connectivity index (χ0n) is 26.2. The van der Waals surface area contributed by atoms with Crippen molar-refractivity contribution < 1.29 is 0 Å². The lowest BCUT2D eigenvalue weighted by molar-refractivity contribution is 1.69. The molecule has 0 nitrogen and oxygen atoms in total. The Balaban J connectivity index is 1.19. The molecule has 0 spiro atoms. The standard InChI is InChI=1S/C48H28/c1-2-11-34-29(10-1)20-22-31-26-33-27-32(23-21-30(33)28-45(31)34)46-38-14-5-7-16-40(38)48(41-17-8-6-15-39(41)46)44-25-24-43-36-13-4-3-12-35(36)37-18-9-19-42(44)47(37)43/h1-28H. The highest BCUT2D eigenvalue weighted by molar-refractivity contribution is 6.26. The molecule has 0 heteroatoms. The van der Waals surface area contributed by atoms with Crippen molar-refractivity contribution in [2.45, 2.75) is 0 Å². The van der Waals surface area contributed by atoms with E-state index < -0.39 is 0 Å². The molecule has 0 bridgehead atoms. The van der Waals surface area contributed by atoms with Crippen LogP contribution in [0.25, 0.3) is 109 Å². The molecular formula is C48H28. The minimum atomic E-state index is 1.25. The molecule has 0 aromatic heterocycles. The Morgan fingerprint density at radius 3 is 1.52 bits per heavy atom. The van der Waals surface area contributed by atoms with E-state index in [1.54, 1.807) is 0 Å². The van der Waals surface area contributed by atoms with Gasteiger partial charge < -0.3 is 0 Å². The van der Waals surface area contributed by atoms with Crippen LogP contribution in [-0.4, -0.2) is 0 Å². The third-order valence-electron chi connectivity index (χ3n) is 10.7. The normalized spacial score (nSPS) is 12.2. The molecule has 1 aliphatic carbocycles. The molecule has 10 aromatic rings. The summed E-state index contributed by atoms with van der Waals surface area (Å²) in [5.41, 5.74) is 10.5. The molecule has 0 fully saturated rings. The first kappa shape index (κ1) is 25.9. The van der Waals surface area contributed by atoms with Gasteiger partial charge in [0.1, 0.15) is 0 Å². The van der Waals surface area contributed by atoms with Crippen LogP contribution >= 0.6 is 0 Å². The molecule has 220 valence electrons. The number of fused-ring (bicyclic) bond motifs is 9. The second-order valence-corrected chi connectivity index (χ2v) is 13.2. The average Bonchev–Trinajstić information content (AvgIpc) is 3.48. The van der Waals surface area contributed by atoms with Gasteiger partial charge in [-0.2, -0.15) is 0 Å². The van der Waals surface area contributed by atoms with E-state index in [1.807, 2.05) is 0 Å². The van der Waals surface area contributed by atoms with Crippen LogP contribution in [0.4, 0.5) is 0 Å². The molecule has 0 unspecified atom stereocenters. The number of rotatable bonds is 2. The average molecular weight is 605 g/mol. The number of benzene rings is 10. The summed E-state index contributed by atoms with van der Waals surface area (Å²) in [7, 11) is 0. The van der Waals surface area contributed by atoms with Gasteiger partial charge in [0.25, 0.3) is 0 Å². The Hall–Kier alpha value is -6.24. The van der Waals surface area contributed by atoms with E-state index in [-0.39, 0.29) is 0 Å². The summed E-state index contributed by atoms with van der Waals surface area (Å²) >= 11 is 0. The summed E-state index contributed by atoms with van der Waals surface area (Å²) in [4.78, 5) is 0. The second-order valence-electron chi connectivity index (χ2n) is 13.2. The maximum Gasteiger partial charge on any atom is -0.00201 e. The molecule has 0 saturated carbocycles. The zero-order chi connectivity index (χ0) is 31.3. The Morgan fingerprint density at radius 1 is 0.229 bits per heavy atom. The molecule has 0 heterocycles. The van der Waals surface area contributed by atoms with Crippen LogP contribution in [-0.2, 0) is 0 Å². The van der Waals surface area contributed by atoms with E-state index in [2.05, 4.69) is 170 Å². The van der Waals surface area contributed by atoms with Crippen LogP contribution < -0.4 is 0 Å². The molecule has 0 aliphatic heterocycles. The molecule has 1 aliphatic rings. The maximum atomic E-state index is 2.40. The van der Waals surface area contributed by atoms with Crippen molar-refractivity contribution in [3.05, 3.63) is 170 Å². The zero-order valence-corrected chi connectivity index (χ0v) is 26.2. The minimum Gasteiger partial charge on any atom is -0.0616 e. The van der Waals surface area contributed by atoms with Crippen LogP contribution in [0.15, 0.2) is 170 Å². The van der Waals surface area contributed by atoms with Crippen LogP contribution in [0.3, 0.4) is 0 Å². The van der Waals surface area contributed by atoms with Crippen molar-refractivity contribution in [1.82, 2.24) is 0 Å². The first-order valence-electron chi connectivity index (χ1n) is 16.8. The second kappa shape index (κ2) is 9.64. The molecule has 11 rings (SSSR count). The summed E-state index contributed by atoms with van der Waals surface area (Å²) < 4.78 is 0. The number of hydrogen-bond acceptors (Lipinski definition) is 0. The fraction of sp³-hybridized carbons (Fsp3) is 0. The van der Waals surface area contributed by atoms with Gasteiger partial charge in [0.15, 0.2) is 0 Å². The third kappa shape index (κ3) is 3.49. The quantitative estimate of drug-likeness (QED) is 0.136. The fourth-order valence-corrected chi connectivity index (χ4v) is 8.67. The monoisotopic (exact) mass is 604 g/mol. The van der Waals surface area contributed by atoms with Crippen molar-refractivity contribution in [3.8, 4) is 44.5 Å². The van der Waals surface area contributed by atoms with Gasteiger partial charge in [0, 0.05) is 0 Å². The van der Waals surface area contributed by atoms with Gasteiger partial charge >= 0.3 is 0 Å². The summed E-state index contributed by atoms with van der Waals surface area (Å²) in [5, 5.41) is 15.5. The van der Waals surface area contributed by atoms with E-state index in [0.29, 0.717) is 0 Å². The summed E-state index contributed by atoms with van der Waals surface area (Å²) in [6, 6.07) is 63.3. The van der Waals surface area contributed by atoms with Crippen molar-refractivity contribution in [2.24, 2.45) is 0 Å². The van der Waals surface area contributed by atoms with Crippen LogP contribution in [0, 0.1) is 0 Å². The first-order chi connectivity index (χ1) is 23.8. The lowest BCUT2D eigenvalue weighted by Gasteiger charge is -2.19. The van der Waals surface area contributed by atoms with E-state index in [4.69, 9.17) is 0 Å². The Kier molecular flexibility index (Phi) is 5.20. The Bertz CT molecular complexity index is 2910. The highest BCUT2D eigenvalue weighted by Crippen LogP contribution is 2.51. The maximum absolute atomic E-state index is 2.40. The van der Waals surface area contributed by atoms with Crippen molar-refractivity contribution >= 4 is 64.6 Å². The van der Waals surface area contributed by atoms with Gasteiger partial charge in [-0.1, -0.05) is 152 Å². The van der Waals surface area contributed by atoms with Crippen LogP contribution in [0.1, 0.15) is 0 Å². The minimum absolute atomic E-state index is 1.25. The van der Waals surface area contributed by atoms with Gasteiger partial charge in [-0.3, -0.25) is 0 Å². The van der Waals surface area contributed by atoms with E-state index in [9.17, 15) is 0 Å². The summed E-state index contributed by atoms with van der Waals surface area (Å²) in [6.07, 6.45) is 0. The van der Waals surface area contributed by atoms with Crippen LogP contribution in [0.5, 0.6) is 0 Å². The fourth-order valence-electron chi connectivity index (χ4n) is 8.67. The van der Waals surface area contributed by atoms with Gasteiger partial charge in [-0.25, -0.2) is 0 Å². The molecule has 0 atom stereocenters. The first-order valence-corrected chi connectivity index (χ1v) is 16.8. The number of hydrogen-bond donors (Lipinski definition) is 0. The van der Waals surface area contributed by atoms with E-state index >= 15 is 0 Å². The topological polar surface area (TPSA) is 0 Å². The predicted molar refractivity (Wildman–Crippen MR) is 207 cm³/mol. The summed E-state index contributed by atoms with van der Waals surface area (Å²) in [5.74, 6) is 0. The predicted octanol–water partition coefficient (Wildman–Crippen LogP) is 13.6. The lowest BCUT2D eigenvalue weighted by atomic mass is 9.84. The lowest BCUT2D eigenvalue weighted by Crippen LogP contribution is -1.92.